The minimum Gasteiger partial charge on any atom is -0.368 e. The van der Waals surface area contributed by atoms with Crippen LogP contribution in [0.3, 0.4) is 0 Å². The maximum absolute atomic E-state index is 11.3. The zero-order chi connectivity index (χ0) is 27.2. The summed E-state index contributed by atoms with van der Waals surface area (Å²) in [4.78, 5) is 15.7. The first-order valence-electron chi connectivity index (χ1n) is 12.2. The van der Waals surface area contributed by atoms with Crippen LogP contribution in [0.25, 0.3) is 10.9 Å². The lowest BCUT2D eigenvalue weighted by molar-refractivity contribution is -0.384. The van der Waals surface area contributed by atoms with Crippen LogP contribution in [0, 0.1) is 28.4 Å². The quantitative estimate of drug-likeness (QED) is 0.119. The van der Waals surface area contributed by atoms with Crippen LogP contribution in [0.4, 0.5) is 22.2 Å². The molecule has 1 N–H and O–H groups in total. The van der Waals surface area contributed by atoms with Gasteiger partial charge >= 0.3 is 0 Å². The predicted molar refractivity (Wildman–Crippen MR) is 152 cm³/mol. The van der Waals surface area contributed by atoms with Gasteiger partial charge in [0.1, 0.15) is 11.8 Å². The molecule has 0 aliphatic rings. The Morgan fingerprint density at radius 1 is 1.03 bits per heavy atom. The highest BCUT2D eigenvalue weighted by Crippen LogP contribution is 2.37. The molecule has 0 fully saturated rings. The molecule has 3 aromatic carbocycles. The molecule has 0 atom stereocenters. The van der Waals surface area contributed by atoms with Crippen LogP contribution in [-0.2, 0) is 12.8 Å². The zero-order valence-corrected chi connectivity index (χ0v) is 21.9. The molecule has 0 aliphatic carbocycles. The van der Waals surface area contributed by atoms with E-state index >= 15 is 0 Å². The molecule has 0 saturated heterocycles. The average Bonchev–Trinajstić information content (AvgIpc) is 3.36. The van der Waals surface area contributed by atoms with Gasteiger partial charge < -0.3 is 5.32 Å². The van der Waals surface area contributed by atoms with E-state index in [2.05, 4.69) is 38.1 Å². The Labute approximate surface area is 228 Å². The molecule has 10 heteroatoms. The number of benzene rings is 3. The maximum Gasteiger partial charge on any atom is 0.270 e. The summed E-state index contributed by atoms with van der Waals surface area (Å²) in [5.41, 5.74) is 4.99. The molecule has 2 heterocycles. The van der Waals surface area contributed by atoms with Crippen molar-refractivity contribution in [2.75, 3.05) is 11.9 Å². The molecule has 0 radical (unpaired) electrons. The Bertz CT molecular complexity index is 1710. The summed E-state index contributed by atoms with van der Waals surface area (Å²) in [6, 6.07) is 26.7. The van der Waals surface area contributed by atoms with Crippen molar-refractivity contribution in [1.82, 2.24) is 9.36 Å². The summed E-state index contributed by atoms with van der Waals surface area (Å²) in [7, 11) is 0. The minimum absolute atomic E-state index is 0.0442. The Balaban J connectivity index is 1.53. The van der Waals surface area contributed by atoms with E-state index in [-0.39, 0.29) is 5.69 Å². The lowest BCUT2D eigenvalue weighted by Crippen LogP contribution is -2.10. The monoisotopic (exact) mass is 533 g/mol. The van der Waals surface area contributed by atoms with Crippen molar-refractivity contribution in [2.24, 2.45) is 10.2 Å². The smallest absolute Gasteiger partial charge is 0.270 e. The maximum atomic E-state index is 11.3. The lowest BCUT2D eigenvalue weighted by Gasteiger charge is -2.15. The molecule has 9 nitrogen and oxygen atoms in total. The molecular formula is C29H23N7O2S. The van der Waals surface area contributed by atoms with Crippen LogP contribution in [-0.4, -0.2) is 20.8 Å². The fourth-order valence-electron chi connectivity index (χ4n) is 4.23. The minimum atomic E-state index is -0.453. The highest BCUT2D eigenvalue weighted by molar-refractivity contribution is 7.11. The van der Waals surface area contributed by atoms with Gasteiger partial charge in [-0.1, -0.05) is 60.7 Å². The van der Waals surface area contributed by atoms with E-state index < -0.39 is 4.92 Å². The van der Waals surface area contributed by atoms with E-state index in [9.17, 15) is 15.4 Å². The number of non-ortho nitro benzene ring substituents is 1. The van der Waals surface area contributed by atoms with Crippen molar-refractivity contribution >= 4 is 44.6 Å². The molecule has 0 bridgehead atoms. The van der Waals surface area contributed by atoms with Gasteiger partial charge in [-0.3, -0.25) is 10.1 Å². The Morgan fingerprint density at radius 2 is 1.74 bits per heavy atom. The number of hydrogen-bond acceptors (Lipinski definition) is 9. The van der Waals surface area contributed by atoms with Gasteiger partial charge in [0.05, 0.1) is 21.7 Å². The number of pyridine rings is 1. The van der Waals surface area contributed by atoms with Gasteiger partial charge in [0.2, 0.25) is 0 Å². The molecular weight excluding hydrogens is 510 g/mol. The fraction of sp³-hybridized carbons (Fsp3) is 0.138. The highest BCUT2D eigenvalue weighted by Gasteiger charge is 2.18. The summed E-state index contributed by atoms with van der Waals surface area (Å²) in [6.45, 7) is 2.44. The molecule has 5 aromatic rings. The fourth-order valence-corrected chi connectivity index (χ4v) is 4.92. The van der Waals surface area contributed by atoms with Crippen LogP contribution in [0.5, 0.6) is 0 Å². The van der Waals surface area contributed by atoms with E-state index in [1.807, 2.05) is 55.5 Å². The first kappa shape index (κ1) is 25.6. The van der Waals surface area contributed by atoms with Crippen LogP contribution < -0.4 is 5.32 Å². The van der Waals surface area contributed by atoms with Crippen LogP contribution in [0.15, 0.2) is 89.1 Å². The van der Waals surface area contributed by atoms with Gasteiger partial charge in [0.15, 0.2) is 10.8 Å². The van der Waals surface area contributed by atoms with Gasteiger partial charge in [-0.05, 0) is 47.6 Å². The number of nitrogens with one attached hydrogen (secondary N) is 1. The number of nitro groups is 1. The third-order valence-corrected chi connectivity index (χ3v) is 7.02. The second kappa shape index (κ2) is 11.6. The second-order valence-corrected chi connectivity index (χ2v) is 9.59. The molecule has 39 heavy (non-hydrogen) atoms. The number of nitrogens with zero attached hydrogens (tertiary/aromatic N) is 6. The van der Waals surface area contributed by atoms with Gasteiger partial charge in [-0.2, -0.15) is 9.64 Å². The van der Waals surface area contributed by atoms with E-state index in [1.54, 1.807) is 6.07 Å². The first-order valence-corrected chi connectivity index (χ1v) is 13.0. The molecule has 0 amide bonds. The van der Waals surface area contributed by atoms with Gasteiger partial charge in [-0.15, -0.1) is 10.2 Å². The Kier molecular flexibility index (Phi) is 7.61. The second-order valence-electron chi connectivity index (χ2n) is 8.84. The van der Waals surface area contributed by atoms with E-state index in [1.165, 1.54) is 17.7 Å². The summed E-state index contributed by atoms with van der Waals surface area (Å²) < 4.78 is 4.34. The SMILES string of the molecule is Cc1c(C#N)c(Cc2ccccc2)nc(NCCc2ccccc2)c1N=Nc1snc2ccc([N+](=O)[O-])cc12. The Morgan fingerprint density at radius 3 is 2.44 bits per heavy atom. The van der Waals surface area contributed by atoms with Gasteiger partial charge in [-0.25, -0.2) is 4.98 Å². The van der Waals surface area contributed by atoms with Gasteiger partial charge in [0.25, 0.3) is 5.69 Å². The van der Waals surface area contributed by atoms with Crippen molar-refractivity contribution in [2.45, 2.75) is 19.8 Å². The van der Waals surface area contributed by atoms with E-state index in [0.717, 1.165) is 23.5 Å². The van der Waals surface area contributed by atoms with Crippen molar-refractivity contribution in [3.63, 3.8) is 0 Å². The molecule has 0 saturated carbocycles. The molecule has 0 aliphatic heterocycles. The molecule has 192 valence electrons. The first-order chi connectivity index (χ1) is 19.0. The van der Waals surface area contributed by atoms with Crippen molar-refractivity contribution in [3.8, 4) is 6.07 Å². The number of anilines is 1. The summed E-state index contributed by atoms with van der Waals surface area (Å²) >= 11 is 1.11. The number of rotatable bonds is 9. The van der Waals surface area contributed by atoms with Crippen molar-refractivity contribution in [1.29, 1.82) is 5.26 Å². The van der Waals surface area contributed by atoms with Crippen molar-refractivity contribution in [3.05, 3.63) is 117 Å². The number of aromatic nitrogens is 2. The summed E-state index contributed by atoms with van der Waals surface area (Å²) in [5.74, 6) is 0.525. The normalized spacial score (nSPS) is 11.1. The third kappa shape index (κ3) is 5.79. The predicted octanol–water partition coefficient (Wildman–Crippen LogP) is 7.44. The molecule has 5 rings (SSSR count). The van der Waals surface area contributed by atoms with E-state index in [4.69, 9.17) is 4.98 Å². The lowest BCUT2D eigenvalue weighted by atomic mass is 10.0. The van der Waals surface area contributed by atoms with Crippen LogP contribution >= 0.6 is 11.5 Å². The number of fused-ring (bicyclic) bond motifs is 1. The highest BCUT2D eigenvalue weighted by atomic mass is 32.1. The summed E-state index contributed by atoms with van der Waals surface area (Å²) in [6.07, 6.45) is 1.27. The number of hydrogen-bond donors (Lipinski definition) is 1. The molecule has 0 unspecified atom stereocenters. The number of nitro benzene ring substituents is 1. The Hall–Kier alpha value is -5.01. The summed E-state index contributed by atoms with van der Waals surface area (Å²) in [5, 5.41) is 34.6. The van der Waals surface area contributed by atoms with Crippen LogP contribution in [0.1, 0.15) is 27.9 Å². The van der Waals surface area contributed by atoms with Gasteiger partial charge in [0, 0.05) is 30.5 Å². The van der Waals surface area contributed by atoms with Crippen LogP contribution in [0.2, 0.25) is 0 Å². The molecule has 2 aromatic heterocycles. The topological polar surface area (TPSA) is 129 Å². The zero-order valence-electron chi connectivity index (χ0n) is 21.0. The van der Waals surface area contributed by atoms with E-state index in [0.29, 0.717) is 57.2 Å². The standard InChI is InChI=1S/C29H23N7O2S/c1-19-24(18-30)26(16-21-10-6-3-7-11-21)32-28(31-15-14-20-8-4-2-5-9-20)27(19)33-34-29-23-17-22(36(37)38)12-13-25(23)35-39-29/h2-13,17H,14-16H2,1H3,(H,31,32). The third-order valence-electron chi connectivity index (χ3n) is 6.26. The molecule has 0 spiro atoms. The number of azo groups is 1. The largest absolute Gasteiger partial charge is 0.368 e. The average molecular weight is 534 g/mol. The number of nitriles is 1. The van der Waals surface area contributed by atoms with Crippen molar-refractivity contribution < 1.29 is 4.92 Å².